The maximum absolute atomic E-state index is 6.18. The van der Waals surface area contributed by atoms with Gasteiger partial charge in [0.25, 0.3) is 0 Å². The van der Waals surface area contributed by atoms with Crippen LogP contribution in [0.1, 0.15) is 44.5 Å². The van der Waals surface area contributed by atoms with Crippen molar-refractivity contribution in [2.24, 2.45) is 0 Å². The molecule has 0 N–H and O–H groups in total. The third kappa shape index (κ3) is 6.49. The Kier molecular flexibility index (Phi) is 9.99. The highest BCUT2D eigenvalue weighted by molar-refractivity contribution is 6.10. The number of fused-ring (bicyclic) bond motifs is 6. The molecule has 0 unspecified atom stereocenters. The van der Waals surface area contributed by atoms with Gasteiger partial charge in [0.1, 0.15) is 11.5 Å². The molecule has 13 rings (SSSR count). The largest absolute Gasteiger partial charge is 0.457 e. The van der Waals surface area contributed by atoms with Crippen LogP contribution in [0.2, 0.25) is 0 Å². The second-order valence-corrected chi connectivity index (χ2v) is 18.3. The molecular weight excluding hydrogens is 847 g/mol. The van der Waals surface area contributed by atoms with Crippen molar-refractivity contribution in [3.05, 3.63) is 330 Å². The first-order valence-electron chi connectivity index (χ1n) is 24.2. The zero-order chi connectivity index (χ0) is 46.5. The lowest BCUT2D eigenvalue weighted by Crippen LogP contribution is -2.33. The van der Waals surface area contributed by atoms with E-state index in [1.54, 1.807) is 0 Å². The Hall–Kier alpha value is -8.98. The van der Waals surface area contributed by atoms with Gasteiger partial charge in [-0.15, -0.1) is 0 Å². The first-order chi connectivity index (χ1) is 34.7. The van der Waals surface area contributed by atoms with Gasteiger partial charge >= 0.3 is 0 Å². The monoisotopic (exact) mass is 893 g/mol. The maximum atomic E-state index is 6.18. The minimum Gasteiger partial charge on any atom is -0.457 e. The first kappa shape index (κ1) is 41.2. The molecule has 0 fully saturated rings. The fourth-order valence-corrected chi connectivity index (χ4v) is 11.7. The van der Waals surface area contributed by atoms with Gasteiger partial charge in [0.2, 0.25) is 0 Å². The third-order valence-electron chi connectivity index (χ3n) is 14.7. The van der Waals surface area contributed by atoms with E-state index >= 15 is 0 Å². The van der Waals surface area contributed by atoms with Gasteiger partial charge in [-0.2, -0.15) is 0 Å². The van der Waals surface area contributed by atoms with E-state index in [1.807, 2.05) is 30.3 Å². The van der Waals surface area contributed by atoms with Crippen LogP contribution in [0.5, 0.6) is 11.5 Å². The van der Waals surface area contributed by atoms with Crippen LogP contribution in [0.3, 0.4) is 0 Å². The lowest BCUT2D eigenvalue weighted by Gasteiger charge is -2.39. The van der Waals surface area contributed by atoms with Gasteiger partial charge in [-0.25, -0.2) is 0 Å². The SMILES string of the molecule is c1ccc(Oc2ccc(-n3c4ccccc4c4cc(-c5ccc6c(c5)C(c5ccccc5)(c5ccccc5)c5cc(C(c7ccccc7)(c7ccccc7)c7ccccc7)ccc5-6)ccc43)cc2)cc1. The molecule has 12 aromatic rings. The number of rotatable bonds is 10. The molecule has 1 aromatic heterocycles. The Balaban J connectivity index is 1.01. The fourth-order valence-electron chi connectivity index (χ4n) is 11.7. The van der Waals surface area contributed by atoms with Gasteiger partial charge in [-0.05, 0) is 127 Å². The van der Waals surface area contributed by atoms with Gasteiger partial charge in [-0.1, -0.05) is 224 Å². The molecule has 0 saturated heterocycles. The molecule has 70 heavy (non-hydrogen) atoms. The molecule has 0 aliphatic heterocycles. The van der Waals surface area contributed by atoms with Crippen molar-refractivity contribution in [1.82, 2.24) is 4.57 Å². The van der Waals surface area contributed by atoms with Gasteiger partial charge < -0.3 is 9.30 Å². The van der Waals surface area contributed by atoms with Gasteiger partial charge in [0.05, 0.1) is 21.9 Å². The Morgan fingerprint density at radius 1 is 0.314 bits per heavy atom. The molecule has 0 atom stereocenters. The lowest BCUT2D eigenvalue weighted by molar-refractivity contribution is 0.482. The van der Waals surface area contributed by atoms with E-state index in [9.17, 15) is 0 Å². The van der Waals surface area contributed by atoms with E-state index in [0.29, 0.717) is 0 Å². The average Bonchev–Trinajstić information content (AvgIpc) is 3.93. The lowest BCUT2D eigenvalue weighted by atomic mass is 9.63. The topological polar surface area (TPSA) is 14.2 Å². The van der Waals surface area contributed by atoms with Gasteiger partial charge in [-0.3, -0.25) is 0 Å². The maximum Gasteiger partial charge on any atom is 0.127 e. The van der Waals surface area contributed by atoms with Crippen LogP contribution in [-0.4, -0.2) is 4.57 Å². The van der Waals surface area contributed by atoms with Crippen LogP contribution in [0.15, 0.2) is 285 Å². The number of aromatic nitrogens is 1. The number of benzene rings is 11. The summed E-state index contributed by atoms with van der Waals surface area (Å²) in [6, 6.07) is 104. The van der Waals surface area contributed by atoms with E-state index in [2.05, 4.69) is 259 Å². The highest BCUT2D eigenvalue weighted by Gasteiger charge is 2.48. The van der Waals surface area contributed by atoms with Crippen LogP contribution in [0.25, 0.3) is 49.7 Å². The predicted molar refractivity (Wildman–Crippen MR) is 288 cm³/mol. The van der Waals surface area contributed by atoms with E-state index in [1.165, 1.54) is 77.5 Å². The molecule has 330 valence electrons. The molecule has 2 heteroatoms. The third-order valence-corrected chi connectivity index (χ3v) is 14.7. The number of hydrogen-bond acceptors (Lipinski definition) is 1. The zero-order valence-electron chi connectivity index (χ0n) is 38.5. The van der Waals surface area contributed by atoms with Crippen molar-refractivity contribution in [3.63, 3.8) is 0 Å². The van der Waals surface area contributed by atoms with Gasteiger partial charge in [0, 0.05) is 16.5 Å². The smallest absolute Gasteiger partial charge is 0.127 e. The second kappa shape index (κ2) is 17.0. The van der Waals surface area contributed by atoms with Crippen molar-refractivity contribution < 1.29 is 4.74 Å². The zero-order valence-corrected chi connectivity index (χ0v) is 38.5. The quantitative estimate of drug-likeness (QED) is 0.125. The summed E-state index contributed by atoms with van der Waals surface area (Å²) in [5.41, 5.74) is 16.9. The molecule has 2 nitrogen and oxygen atoms in total. The van der Waals surface area contributed by atoms with Crippen LogP contribution < -0.4 is 4.74 Å². The van der Waals surface area contributed by atoms with Crippen molar-refractivity contribution >= 4 is 21.8 Å². The summed E-state index contributed by atoms with van der Waals surface area (Å²) in [7, 11) is 0. The first-order valence-corrected chi connectivity index (χ1v) is 24.2. The Bertz CT molecular complexity index is 3670. The normalized spacial score (nSPS) is 12.7. The van der Waals surface area contributed by atoms with E-state index < -0.39 is 10.8 Å². The van der Waals surface area contributed by atoms with E-state index in [0.717, 1.165) is 28.2 Å². The van der Waals surface area contributed by atoms with Crippen LogP contribution in [0, 0.1) is 0 Å². The molecule has 1 aliphatic carbocycles. The Morgan fingerprint density at radius 2 is 0.757 bits per heavy atom. The summed E-state index contributed by atoms with van der Waals surface area (Å²) in [4.78, 5) is 0. The van der Waals surface area contributed by atoms with Crippen molar-refractivity contribution in [3.8, 4) is 39.4 Å². The average molecular weight is 894 g/mol. The molecule has 0 saturated carbocycles. The molecule has 0 radical (unpaired) electrons. The highest BCUT2D eigenvalue weighted by atomic mass is 16.5. The molecule has 1 aliphatic rings. The Labute approximate surface area is 409 Å². The number of hydrogen-bond donors (Lipinski definition) is 0. The standard InChI is InChI=1S/C68H47NO/c1-7-21-50(22-8-1)67(51-23-9-2-10-24-51,52-25-11-3-12-26-52)55-37-43-60-59-42-35-49(46-63(59)68(64(60)47-55,53-27-13-4-14-28-53)54-29-15-5-16-30-54)48-36-44-66-62(45-48)61-33-19-20-34-65(61)69(66)56-38-40-58(41-39-56)70-57-31-17-6-18-32-57/h1-47H. The summed E-state index contributed by atoms with van der Waals surface area (Å²) in [6.45, 7) is 0. The number of ether oxygens (including phenoxy) is 1. The molecule has 0 bridgehead atoms. The Morgan fingerprint density at radius 3 is 1.34 bits per heavy atom. The molecular formula is C68H47NO. The molecule has 11 aromatic carbocycles. The molecule has 1 heterocycles. The molecule has 0 spiro atoms. The number of nitrogens with zero attached hydrogens (tertiary/aromatic N) is 1. The van der Waals surface area contributed by atoms with Crippen molar-refractivity contribution in [2.75, 3.05) is 0 Å². The van der Waals surface area contributed by atoms with Crippen molar-refractivity contribution in [1.29, 1.82) is 0 Å². The highest BCUT2D eigenvalue weighted by Crippen LogP contribution is 2.58. The minimum atomic E-state index is -0.633. The summed E-state index contributed by atoms with van der Waals surface area (Å²) in [6.07, 6.45) is 0. The second-order valence-electron chi connectivity index (χ2n) is 18.3. The number of para-hydroxylation sites is 2. The predicted octanol–water partition coefficient (Wildman–Crippen LogP) is 17.0. The van der Waals surface area contributed by atoms with Crippen molar-refractivity contribution in [2.45, 2.75) is 10.8 Å². The van der Waals surface area contributed by atoms with Gasteiger partial charge in [0.15, 0.2) is 0 Å². The summed E-state index contributed by atoms with van der Waals surface area (Å²) >= 11 is 0. The van der Waals surface area contributed by atoms with Crippen LogP contribution in [0.4, 0.5) is 0 Å². The minimum absolute atomic E-state index is 0.607. The summed E-state index contributed by atoms with van der Waals surface area (Å²) in [5, 5.41) is 2.43. The van der Waals surface area contributed by atoms with Crippen LogP contribution in [-0.2, 0) is 10.8 Å². The van der Waals surface area contributed by atoms with E-state index in [-0.39, 0.29) is 0 Å². The van der Waals surface area contributed by atoms with E-state index in [4.69, 9.17) is 4.74 Å². The fraction of sp³-hybridized carbons (Fsp3) is 0.0294. The van der Waals surface area contributed by atoms with Crippen LogP contribution >= 0.6 is 0 Å². The molecule has 0 amide bonds. The summed E-state index contributed by atoms with van der Waals surface area (Å²) < 4.78 is 8.55. The summed E-state index contributed by atoms with van der Waals surface area (Å²) in [5.74, 6) is 1.62.